The number of nitrogens with zero attached hydrogens (tertiary/aromatic N) is 1. The van der Waals surface area contributed by atoms with Gasteiger partial charge in [0.2, 0.25) is 0 Å². The van der Waals surface area contributed by atoms with Crippen LogP contribution < -0.4 is 0 Å². The summed E-state index contributed by atoms with van der Waals surface area (Å²) in [5.74, 6) is 0. The molecule has 0 fully saturated rings. The smallest absolute Gasteiger partial charge is 0.0492 e. The number of fused-ring (bicyclic) bond motifs is 8. The highest BCUT2D eigenvalue weighted by atomic mass is 79.9. The molecule has 142 valence electrons. The highest BCUT2D eigenvalue weighted by molar-refractivity contribution is 9.11. The van der Waals surface area contributed by atoms with E-state index >= 15 is 0 Å². The summed E-state index contributed by atoms with van der Waals surface area (Å²) in [6.45, 7) is 4.70. The van der Waals surface area contributed by atoms with Gasteiger partial charge in [0.25, 0.3) is 0 Å². The molecule has 0 aliphatic heterocycles. The van der Waals surface area contributed by atoms with Crippen molar-refractivity contribution < 1.29 is 0 Å². The first-order valence-corrected chi connectivity index (χ1v) is 11.4. The van der Waals surface area contributed by atoms with E-state index in [1.807, 2.05) is 0 Å². The zero-order chi connectivity index (χ0) is 20.1. The van der Waals surface area contributed by atoms with Crippen LogP contribution in [0.15, 0.2) is 69.6 Å². The average Bonchev–Trinajstić information content (AvgIpc) is 3.10. The molecule has 0 unspecified atom stereocenters. The van der Waals surface area contributed by atoms with Gasteiger partial charge in [-0.2, -0.15) is 0 Å². The van der Waals surface area contributed by atoms with Crippen LogP contribution in [-0.4, -0.2) is 4.57 Å². The zero-order valence-corrected chi connectivity index (χ0v) is 19.6. The standard InChI is InChI=1S/C26H19Br2N/c1-26(2)20-13-24-18(17-10-14(27)8-9-23(17)29(24)3)11-19(20)25-16-7-5-4-6-15(16)22(28)12-21(25)26/h4-13H,1-3H3. The molecule has 5 aromatic rings. The predicted molar refractivity (Wildman–Crippen MR) is 131 cm³/mol. The van der Waals surface area contributed by atoms with Crippen LogP contribution in [0.2, 0.25) is 0 Å². The van der Waals surface area contributed by atoms with E-state index in [0.29, 0.717) is 0 Å². The molecular formula is C26H19Br2N. The number of hydrogen-bond donors (Lipinski definition) is 0. The lowest BCUT2D eigenvalue weighted by atomic mass is 9.82. The fourth-order valence-corrected chi connectivity index (χ4v) is 6.15. The molecule has 1 aromatic heterocycles. The molecule has 0 N–H and O–H groups in total. The molecule has 0 bridgehead atoms. The zero-order valence-electron chi connectivity index (χ0n) is 16.5. The number of halogens is 2. The minimum atomic E-state index is -0.0392. The van der Waals surface area contributed by atoms with Gasteiger partial charge in [-0.15, -0.1) is 0 Å². The van der Waals surface area contributed by atoms with Crippen LogP contribution in [0.5, 0.6) is 0 Å². The van der Waals surface area contributed by atoms with Crippen LogP contribution >= 0.6 is 31.9 Å². The molecule has 0 atom stereocenters. The molecule has 1 heterocycles. The summed E-state index contributed by atoms with van der Waals surface area (Å²) in [4.78, 5) is 0. The summed E-state index contributed by atoms with van der Waals surface area (Å²) in [7, 11) is 2.17. The molecule has 3 heteroatoms. The normalized spacial score (nSPS) is 14.7. The minimum absolute atomic E-state index is 0.0392. The van der Waals surface area contributed by atoms with E-state index in [4.69, 9.17) is 0 Å². The van der Waals surface area contributed by atoms with Gasteiger partial charge in [-0.25, -0.2) is 0 Å². The van der Waals surface area contributed by atoms with Gasteiger partial charge in [0.15, 0.2) is 0 Å². The van der Waals surface area contributed by atoms with Crippen LogP contribution in [0.1, 0.15) is 25.0 Å². The van der Waals surface area contributed by atoms with E-state index in [1.165, 1.54) is 59.3 Å². The van der Waals surface area contributed by atoms with Crippen molar-refractivity contribution in [1.82, 2.24) is 4.57 Å². The Balaban J connectivity index is 1.82. The predicted octanol–water partition coefficient (Wildman–Crippen LogP) is 8.32. The monoisotopic (exact) mass is 503 g/mol. The first kappa shape index (κ1) is 17.7. The molecule has 1 aliphatic rings. The quantitative estimate of drug-likeness (QED) is 0.200. The van der Waals surface area contributed by atoms with Crippen molar-refractivity contribution in [3.8, 4) is 11.1 Å². The van der Waals surface area contributed by atoms with Gasteiger partial charge in [-0.05, 0) is 69.4 Å². The van der Waals surface area contributed by atoms with E-state index < -0.39 is 0 Å². The molecule has 0 saturated heterocycles. The van der Waals surface area contributed by atoms with Gasteiger partial charge in [-0.1, -0.05) is 70.0 Å². The largest absolute Gasteiger partial charge is 0.344 e. The Hall–Kier alpha value is -2.10. The van der Waals surface area contributed by atoms with E-state index in [-0.39, 0.29) is 5.41 Å². The summed E-state index contributed by atoms with van der Waals surface area (Å²) in [5, 5.41) is 5.21. The van der Waals surface area contributed by atoms with Crippen LogP contribution in [0.25, 0.3) is 43.7 Å². The van der Waals surface area contributed by atoms with Gasteiger partial charge in [0, 0.05) is 43.2 Å². The maximum absolute atomic E-state index is 3.83. The van der Waals surface area contributed by atoms with Crippen molar-refractivity contribution in [2.24, 2.45) is 7.05 Å². The van der Waals surface area contributed by atoms with E-state index in [1.54, 1.807) is 0 Å². The van der Waals surface area contributed by atoms with Crippen LogP contribution in [0, 0.1) is 0 Å². The third-order valence-corrected chi connectivity index (χ3v) is 7.87. The van der Waals surface area contributed by atoms with Gasteiger partial charge in [0.1, 0.15) is 0 Å². The second-order valence-corrected chi connectivity index (χ2v) is 10.4. The van der Waals surface area contributed by atoms with E-state index in [2.05, 4.69) is 118 Å². The van der Waals surface area contributed by atoms with Gasteiger partial charge < -0.3 is 4.57 Å². The number of aromatic nitrogens is 1. The number of rotatable bonds is 0. The van der Waals surface area contributed by atoms with E-state index in [0.717, 1.165) is 4.47 Å². The Morgan fingerprint density at radius 1 is 0.724 bits per heavy atom. The molecular weight excluding hydrogens is 486 g/mol. The minimum Gasteiger partial charge on any atom is -0.344 e. The first-order valence-electron chi connectivity index (χ1n) is 9.82. The fraction of sp³-hybridized carbons (Fsp3) is 0.154. The van der Waals surface area contributed by atoms with Gasteiger partial charge >= 0.3 is 0 Å². The van der Waals surface area contributed by atoms with Gasteiger partial charge in [-0.3, -0.25) is 0 Å². The molecule has 0 amide bonds. The lowest BCUT2D eigenvalue weighted by Gasteiger charge is -2.22. The average molecular weight is 505 g/mol. The van der Waals surface area contributed by atoms with Crippen molar-refractivity contribution in [2.45, 2.75) is 19.3 Å². The Kier molecular flexibility index (Phi) is 3.51. The number of benzene rings is 4. The van der Waals surface area contributed by atoms with Crippen molar-refractivity contribution in [1.29, 1.82) is 0 Å². The molecule has 6 rings (SSSR count). The SMILES string of the molecule is Cn1c2ccc(Br)cc2c2cc3c(cc21)C(C)(C)c1cc(Br)c2ccccc2c1-3. The Bertz CT molecular complexity index is 1500. The molecule has 1 nitrogen and oxygen atoms in total. The third kappa shape index (κ3) is 2.21. The molecule has 29 heavy (non-hydrogen) atoms. The second kappa shape index (κ2) is 5.74. The molecule has 4 aromatic carbocycles. The summed E-state index contributed by atoms with van der Waals surface area (Å²) in [6.07, 6.45) is 0. The first-order chi connectivity index (χ1) is 13.9. The topological polar surface area (TPSA) is 4.93 Å². The van der Waals surface area contributed by atoms with E-state index in [9.17, 15) is 0 Å². The van der Waals surface area contributed by atoms with Crippen LogP contribution in [0.3, 0.4) is 0 Å². The molecule has 0 spiro atoms. The number of hydrogen-bond acceptors (Lipinski definition) is 0. The summed E-state index contributed by atoms with van der Waals surface area (Å²) in [5.41, 5.74) is 8.09. The highest BCUT2D eigenvalue weighted by Crippen LogP contribution is 2.54. The van der Waals surface area contributed by atoms with Crippen molar-refractivity contribution in [3.05, 3.63) is 80.7 Å². The highest BCUT2D eigenvalue weighted by Gasteiger charge is 2.37. The number of aryl methyl sites for hydroxylation is 1. The maximum Gasteiger partial charge on any atom is 0.0492 e. The molecule has 0 saturated carbocycles. The summed E-state index contributed by atoms with van der Waals surface area (Å²) < 4.78 is 4.62. The summed E-state index contributed by atoms with van der Waals surface area (Å²) >= 11 is 7.49. The Labute approximate surface area is 186 Å². The lowest BCUT2D eigenvalue weighted by molar-refractivity contribution is 0.661. The lowest BCUT2D eigenvalue weighted by Crippen LogP contribution is -2.15. The Morgan fingerprint density at radius 3 is 2.24 bits per heavy atom. The van der Waals surface area contributed by atoms with Crippen molar-refractivity contribution >= 4 is 64.4 Å². The molecule has 0 radical (unpaired) electrons. The maximum atomic E-state index is 3.83. The van der Waals surface area contributed by atoms with Crippen LogP contribution in [-0.2, 0) is 12.5 Å². The fourth-order valence-electron chi connectivity index (χ4n) is 5.21. The summed E-state index contributed by atoms with van der Waals surface area (Å²) in [6, 6.07) is 22.5. The molecule has 1 aliphatic carbocycles. The third-order valence-electron chi connectivity index (χ3n) is 6.72. The van der Waals surface area contributed by atoms with Crippen molar-refractivity contribution in [2.75, 3.05) is 0 Å². The van der Waals surface area contributed by atoms with Crippen LogP contribution in [0.4, 0.5) is 0 Å². The Morgan fingerprint density at radius 2 is 1.45 bits per heavy atom. The second-order valence-electron chi connectivity index (χ2n) is 8.59. The van der Waals surface area contributed by atoms with Crippen molar-refractivity contribution in [3.63, 3.8) is 0 Å². The van der Waals surface area contributed by atoms with Gasteiger partial charge in [0.05, 0.1) is 0 Å².